The Morgan fingerprint density at radius 2 is 1.24 bits per heavy atom. The topological polar surface area (TPSA) is 92.7 Å². The first kappa shape index (κ1) is 49.3. The average molecular weight is 804 g/mol. The number of halogens is 15. The maximum atomic E-state index is 12.7. The van der Waals surface area contributed by atoms with E-state index < -0.39 is 94.0 Å². The number of ether oxygens (including phenoxy) is 1. The highest BCUT2D eigenvalue weighted by molar-refractivity contribution is 7.90. The lowest BCUT2D eigenvalue weighted by atomic mass is 9.72. The lowest BCUT2D eigenvalue weighted by Gasteiger charge is -2.39. The summed E-state index contributed by atoms with van der Waals surface area (Å²) in [6.07, 6.45) is -26.5. The molecule has 51 heavy (non-hydrogen) atoms. The summed E-state index contributed by atoms with van der Waals surface area (Å²) >= 11 is 0. The summed E-state index contributed by atoms with van der Waals surface area (Å²) in [6, 6.07) is 0. The average Bonchev–Trinajstić information content (AvgIpc) is 3.46. The van der Waals surface area contributed by atoms with Gasteiger partial charge in [-0.05, 0) is 89.4 Å². The van der Waals surface area contributed by atoms with Crippen LogP contribution in [0.2, 0.25) is 0 Å². The second-order valence-electron chi connectivity index (χ2n) is 13.7. The normalized spacial score (nSPS) is 25.2. The Bertz CT molecular complexity index is 1230. The summed E-state index contributed by atoms with van der Waals surface area (Å²) in [6.45, 7) is 7.88. The Morgan fingerprint density at radius 3 is 1.53 bits per heavy atom. The van der Waals surface area contributed by atoms with Crippen LogP contribution in [0.5, 0.6) is 0 Å². The molecule has 6 nitrogen and oxygen atoms in total. The molecule has 0 radical (unpaired) electrons. The van der Waals surface area contributed by atoms with E-state index >= 15 is 0 Å². The highest BCUT2D eigenvalue weighted by Crippen LogP contribution is 2.59. The molecule has 2 bridgehead atoms. The first-order valence-corrected chi connectivity index (χ1v) is 17.1. The van der Waals surface area contributed by atoms with Crippen LogP contribution in [0.3, 0.4) is 0 Å². The third-order valence-electron chi connectivity index (χ3n) is 9.92. The molecule has 0 aromatic rings. The second-order valence-corrected chi connectivity index (χ2v) is 15.9. The van der Waals surface area contributed by atoms with E-state index in [-0.39, 0.29) is 24.2 Å². The van der Waals surface area contributed by atoms with Gasteiger partial charge in [-0.2, -0.15) is 65.9 Å². The number of alkyl halides is 15. The number of sulfonamides is 1. The number of nitrogens with one attached hydrogen (secondary N) is 1. The number of rotatable bonds is 9. The fourth-order valence-electron chi connectivity index (χ4n) is 5.51. The van der Waals surface area contributed by atoms with E-state index in [4.69, 9.17) is 0 Å². The summed E-state index contributed by atoms with van der Waals surface area (Å²) in [5, 5.41) is 8.48. The Morgan fingerprint density at radius 1 is 0.784 bits per heavy atom. The quantitative estimate of drug-likeness (QED) is 0.179. The molecule has 2 N–H and O–H groups in total. The van der Waals surface area contributed by atoms with Gasteiger partial charge in [0.2, 0.25) is 15.6 Å². The van der Waals surface area contributed by atoms with Gasteiger partial charge in [0.05, 0.1) is 5.25 Å². The predicted molar refractivity (Wildman–Crippen MR) is 153 cm³/mol. The van der Waals surface area contributed by atoms with Crippen molar-refractivity contribution in [1.29, 1.82) is 0 Å². The van der Waals surface area contributed by atoms with Crippen LogP contribution in [0.4, 0.5) is 65.9 Å². The monoisotopic (exact) mass is 803 g/mol. The largest absolute Gasteiger partial charge is 0.449 e. The zero-order valence-corrected chi connectivity index (χ0v) is 29.7. The van der Waals surface area contributed by atoms with Crippen molar-refractivity contribution in [3.8, 4) is 0 Å². The van der Waals surface area contributed by atoms with Crippen molar-refractivity contribution in [2.75, 3.05) is 6.54 Å². The van der Waals surface area contributed by atoms with Crippen LogP contribution in [0, 0.1) is 35.0 Å². The number of hydrogen-bond donors (Lipinski definition) is 2. The molecule has 0 aromatic carbocycles. The zero-order valence-electron chi connectivity index (χ0n) is 28.9. The minimum Gasteiger partial charge on any atom is -0.449 e. The van der Waals surface area contributed by atoms with Crippen molar-refractivity contribution in [1.82, 2.24) is 4.72 Å². The lowest BCUT2D eigenvalue weighted by Crippen LogP contribution is -2.58. The van der Waals surface area contributed by atoms with E-state index in [0.29, 0.717) is 39.5 Å². The highest BCUT2D eigenvalue weighted by Gasteiger charge is 2.71. The first-order valence-electron chi connectivity index (χ1n) is 15.5. The molecule has 0 amide bonds. The first-order chi connectivity index (χ1) is 22.3. The van der Waals surface area contributed by atoms with Crippen LogP contribution in [-0.4, -0.2) is 73.4 Å². The molecular weight excluding hydrogens is 759 g/mol. The van der Waals surface area contributed by atoms with Gasteiger partial charge in [0.25, 0.3) is 5.60 Å². The van der Waals surface area contributed by atoms with Crippen molar-refractivity contribution in [3.63, 3.8) is 0 Å². The number of aliphatic hydroxyl groups is 1. The van der Waals surface area contributed by atoms with Gasteiger partial charge >= 0.3 is 36.9 Å². The molecule has 7 atom stereocenters. The summed E-state index contributed by atoms with van der Waals surface area (Å²) in [5.74, 6) is -2.15. The molecule has 2 aliphatic rings. The van der Waals surface area contributed by atoms with Gasteiger partial charge in [0.1, 0.15) is 6.54 Å². The maximum absolute atomic E-state index is 12.7. The van der Waals surface area contributed by atoms with Crippen LogP contribution in [0.1, 0.15) is 87.5 Å². The summed E-state index contributed by atoms with van der Waals surface area (Å²) < 4.78 is 214. The van der Waals surface area contributed by atoms with Gasteiger partial charge in [0.15, 0.2) is 5.41 Å². The van der Waals surface area contributed by atoms with E-state index in [0.717, 1.165) is 6.92 Å². The molecule has 2 saturated carbocycles. The standard InChI is InChI=1S/C13H18F6O.C10H14F6O2.C6H12F3NO2S/c1-6-7(2)10-4-8(6)3-9(10)5-11(20,12(14,15)16)13(17,18)19;1-5-8(4,10(14,15)16)6(17)18-7(2,3)9(11,12)13;1-3-5(2)13(11,12)10-4-6(7,8)9/h6-10,20H,3-5H2,1-2H3;5H2,1-4H3;5,10H,3-4H2,1-2H3. The molecule has 0 heterocycles. The van der Waals surface area contributed by atoms with Crippen molar-refractivity contribution < 1.29 is 88.9 Å². The number of carbonyl (C=O) groups excluding carboxylic acids is 1. The summed E-state index contributed by atoms with van der Waals surface area (Å²) in [7, 11) is -3.81. The van der Waals surface area contributed by atoms with Gasteiger partial charge in [-0.15, -0.1) is 0 Å². The minimum absolute atomic E-state index is 0.115. The fourth-order valence-corrected chi connectivity index (χ4v) is 6.60. The van der Waals surface area contributed by atoms with Crippen LogP contribution in [-0.2, 0) is 19.6 Å². The SMILES string of the molecule is CC1C2CC(CC(O)(C(F)(F)F)C(F)(F)F)C(C2)C1C.CCC(C)(C(=O)OC(C)(C)C(F)(F)F)C(F)(F)F.CCC(C)S(=O)(=O)NCC(F)(F)F. The van der Waals surface area contributed by atoms with E-state index in [1.807, 2.05) is 13.8 Å². The summed E-state index contributed by atoms with van der Waals surface area (Å²) in [4.78, 5) is 11.4. The van der Waals surface area contributed by atoms with Crippen molar-refractivity contribution in [2.24, 2.45) is 35.0 Å². The molecule has 0 aromatic heterocycles. The van der Waals surface area contributed by atoms with Gasteiger partial charge in [-0.25, -0.2) is 13.1 Å². The van der Waals surface area contributed by atoms with Gasteiger partial charge in [-0.3, -0.25) is 4.79 Å². The molecule has 2 aliphatic carbocycles. The van der Waals surface area contributed by atoms with Crippen molar-refractivity contribution in [3.05, 3.63) is 0 Å². The lowest BCUT2D eigenvalue weighted by molar-refractivity contribution is -0.373. The number of esters is 1. The van der Waals surface area contributed by atoms with Gasteiger partial charge in [0, 0.05) is 0 Å². The van der Waals surface area contributed by atoms with E-state index in [1.54, 1.807) is 6.92 Å². The smallest absolute Gasteiger partial charge is 0.427 e. The van der Waals surface area contributed by atoms with Crippen LogP contribution in [0.15, 0.2) is 0 Å². The van der Waals surface area contributed by atoms with Crippen molar-refractivity contribution in [2.45, 2.75) is 135 Å². The molecule has 2 fully saturated rings. The molecule has 0 saturated heterocycles. The number of hydrogen-bond acceptors (Lipinski definition) is 5. The number of fused-ring (bicyclic) bond motifs is 2. The third kappa shape index (κ3) is 12.1. The van der Waals surface area contributed by atoms with Gasteiger partial charge in [-0.1, -0.05) is 27.7 Å². The molecule has 2 rings (SSSR count). The molecule has 306 valence electrons. The molecule has 7 unspecified atom stereocenters. The number of carbonyl (C=O) groups is 1. The highest BCUT2D eigenvalue weighted by atomic mass is 32.2. The minimum atomic E-state index is -5.69. The molecule has 0 spiro atoms. The Balaban J connectivity index is 0.000000754. The molecular formula is C29H44F15NO5S. The van der Waals surface area contributed by atoms with Crippen LogP contribution in [0.25, 0.3) is 0 Å². The Kier molecular flexibility index (Phi) is 15.8. The van der Waals surface area contributed by atoms with E-state index in [9.17, 15) is 84.2 Å². The van der Waals surface area contributed by atoms with Gasteiger partial charge < -0.3 is 9.84 Å². The molecule has 22 heteroatoms. The molecule has 0 aliphatic heterocycles. The van der Waals surface area contributed by atoms with Crippen molar-refractivity contribution >= 4 is 16.0 Å². The Labute approximate surface area is 286 Å². The third-order valence-corrected chi connectivity index (χ3v) is 11.9. The van der Waals surface area contributed by atoms with Crippen LogP contribution < -0.4 is 4.72 Å². The second kappa shape index (κ2) is 16.3. The Hall–Kier alpha value is -1.71. The summed E-state index contributed by atoms with van der Waals surface area (Å²) in [5.41, 5.74) is -10.5. The van der Waals surface area contributed by atoms with E-state index in [2.05, 4.69) is 4.74 Å². The predicted octanol–water partition coefficient (Wildman–Crippen LogP) is 9.28. The van der Waals surface area contributed by atoms with E-state index in [1.165, 1.54) is 11.6 Å². The zero-order chi connectivity index (χ0) is 41.2. The van der Waals surface area contributed by atoms with Crippen LogP contribution >= 0.6 is 0 Å². The fraction of sp³-hybridized carbons (Fsp3) is 0.966. The maximum Gasteiger partial charge on any atom is 0.427 e.